The second kappa shape index (κ2) is 8.38. The summed E-state index contributed by atoms with van der Waals surface area (Å²) in [5.74, 6) is 1.08. The van der Waals surface area contributed by atoms with E-state index in [-0.39, 0.29) is 23.3 Å². The Morgan fingerprint density at radius 3 is 1.91 bits per heavy atom. The van der Waals surface area contributed by atoms with Gasteiger partial charge >= 0.3 is 0 Å². The van der Waals surface area contributed by atoms with Crippen LogP contribution in [0.1, 0.15) is 31.4 Å². The Morgan fingerprint density at radius 1 is 1.04 bits per heavy atom. The van der Waals surface area contributed by atoms with Crippen LogP contribution in [0.4, 0.5) is 0 Å². The minimum absolute atomic E-state index is 0.0987. The highest BCUT2D eigenvalue weighted by Gasteiger charge is 2.24. The molecule has 0 atom stereocenters. The average molecular weight is 316 g/mol. The Morgan fingerprint density at radius 2 is 1.52 bits per heavy atom. The molecular weight excluding hydrogens is 296 g/mol. The molecule has 0 N–H and O–H groups in total. The van der Waals surface area contributed by atoms with E-state index in [0.29, 0.717) is 44.3 Å². The van der Waals surface area contributed by atoms with Crippen LogP contribution >= 0.6 is 0 Å². The van der Waals surface area contributed by atoms with Crippen LogP contribution in [0.3, 0.4) is 0 Å². The Hall–Kier alpha value is -2.28. The van der Waals surface area contributed by atoms with Crippen molar-refractivity contribution in [1.29, 1.82) is 10.5 Å². The van der Waals surface area contributed by atoms with Crippen molar-refractivity contribution in [1.82, 2.24) is 0 Å². The zero-order valence-corrected chi connectivity index (χ0v) is 13.4. The maximum Gasteiger partial charge on any atom is 0.162 e. The van der Waals surface area contributed by atoms with E-state index in [1.54, 1.807) is 12.1 Å². The van der Waals surface area contributed by atoms with Crippen molar-refractivity contribution in [2.24, 2.45) is 5.92 Å². The third-order valence-corrected chi connectivity index (χ3v) is 3.50. The SMILES string of the molecule is CCOC(CC1COc2cc(C#N)c(C#N)cc2OC1)OCC. The van der Waals surface area contributed by atoms with E-state index in [4.69, 9.17) is 29.5 Å². The fourth-order valence-electron chi connectivity index (χ4n) is 2.40. The quantitative estimate of drug-likeness (QED) is 0.750. The van der Waals surface area contributed by atoms with Crippen molar-refractivity contribution < 1.29 is 18.9 Å². The van der Waals surface area contributed by atoms with Crippen molar-refractivity contribution in [3.8, 4) is 23.6 Å². The summed E-state index contributed by atoms with van der Waals surface area (Å²) in [5, 5.41) is 18.2. The summed E-state index contributed by atoms with van der Waals surface area (Å²) in [6, 6.07) is 7.10. The Labute approximate surface area is 136 Å². The van der Waals surface area contributed by atoms with Crippen LogP contribution in [-0.2, 0) is 9.47 Å². The first kappa shape index (κ1) is 17.1. The maximum absolute atomic E-state index is 9.08. The van der Waals surface area contributed by atoms with Crippen LogP contribution in [0.15, 0.2) is 12.1 Å². The molecule has 0 spiro atoms. The van der Waals surface area contributed by atoms with Gasteiger partial charge in [-0.1, -0.05) is 0 Å². The molecule has 1 heterocycles. The topological polar surface area (TPSA) is 84.5 Å². The Bertz CT molecular complexity index is 567. The zero-order valence-electron chi connectivity index (χ0n) is 13.4. The highest BCUT2D eigenvalue weighted by molar-refractivity contribution is 5.56. The van der Waals surface area contributed by atoms with Gasteiger partial charge in [-0.05, 0) is 13.8 Å². The summed E-state index contributed by atoms with van der Waals surface area (Å²) in [6.45, 7) is 5.90. The van der Waals surface area contributed by atoms with E-state index in [0.717, 1.165) is 0 Å². The summed E-state index contributed by atoms with van der Waals surface area (Å²) in [5.41, 5.74) is 0.574. The molecule has 0 bridgehead atoms. The number of fused-ring (bicyclic) bond motifs is 1. The van der Waals surface area contributed by atoms with Gasteiger partial charge in [0.05, 0.1) is 24.3 Å². The molecule has 1 aliphatic rings. The van der Waals surface area contributed by atoms with Gasteiger partial charge in [-0.3, -0.25) is 0 Å². The predicted octanol–water partition coefficient (Wildman–Crippen LogP) is 2.61. The molecule has 6 nitrogen and oxygen atoms in total. The Balaban J connectivity index is 2.08. The normalized spacial score (nSPS) is 14.1. The monoisotopic (exact) mass is 316 g/mol. The summed E-state index contributed by atoms with van der Waals surface area (Å²) in [4.78, 5) is 0. The summed E-state index contributed by atoms with van der Waals surface area (Å²) >= 11 is 0. The highest BCUT2D eigenvalue weighted by atomic mass is 16.7. The summed E-state index contributed by atoms with van der Waals surface area (Å²) in [6.07, 6.45) is 0.374. The third-order valence-electron chi connectivity index (χ3n) is 3.50. The zero-order chi connectivity index (χ0) is 16.7. The number of hydrogen-bond donors (Lipinski definition) is 0. The van der Waals surface area contributed by atoms with Gasteiger partial charge in [0, 0.05) is 37.7 Å². The summed E-state index contributed by atoms with van der Waals surface area (Å²) < 4.78 is 22.6. The molecule has 1 aliphatic heterocycles. The van der Waals surface area contributed by atoms with Crippen LogP contribution in [0.25, 0.3) is 0 Å². The van der Waals surface area contributed by atoms with Crippen molar-refractivity contribution in [2.45, 2.75) is 26.6 Å². The molecule has 1 aromatic carbocycles. The molecule has 0 radical (unpaired) electrons. The molecule has 0 saturated carbocycles. The van der Waals surface area contributed by atoms with Crippen LogP contribution in [0, 0.1) is 28.6 Å². The van der Waals surface area contributed by atoms with Gasteiger partial charge in [-0.15, -0.1) is 0 Å². The molecule has 0 saturated heterocycles. The number of rotatable bonds is 6. The lowest BCUT2D eigenvalue weighted by atomic mass is 10.1. The number of hydrogen-bond acceptors (Lipinski definition) is 6. The van der Waals surface area contributed by atoms with E-state index in [1.165, 1.54) is 0 Å². The van der Waals surface area contributed by atoms with Crippen LogP contribution in [0.5, 0.6) is 11.5 Å². The van der Waals surface area contributed by atoms with E-state index >= 15 is 0 Å². The van der Waals surface area contributed by atoms with Crippen LogP contribution in [0.2, 0.25) is 0 Å². The predicted molar refractivity (Wildman–Crippen MR) is 82.0 cm³/mol. The standard InChI is InChI=1S/C17H20N2O4/c1-3-20-17(21-4-2)5-12-10-22-15-6-13(8-18)14(9-19)7-16(15)23-11-12/h6-7,12,17H,3-5,10-11H2,1-2H3. The Kier molecular flexibility index (Phi) is 6.22. The van der Waals surface area contributed by atoms with Gasteiger partial charge < -0.3 is 18.9 Å². The molecule has 1 aromatic rings. The fraction of sp³-hybridized carbons (Fsp3) is 0.529. The van der Waals surface area contributed by atoms with Crippen molar-refractivity contribution >= 4 is 0 Å². The molecule has 6 heteroatoms. The number of benzene rings is 1. The van der Waals surface area contributed by atoms with Crippen molar-refractivity contribution in [2.75, 3.05) is 26.4 Å². The molecule has 0 amide bonds. The number of ether oxygens (including phenoxy) is 4. The molecule has 0 fully saturated rings. The second-order valence-corrected chi connectivity index (χ2v) is 5.13. The van der Waals surface area contributed by atoms with E-state index in [1.807, 2.05) is 26.0 Å². The molecule has 2 rings (SSSR count). The van der Waals surface area contributed by atoms with Gasteiger partial charge in [-0.2, -0.15) is 10.5 Å². The lowest BCUT2D eigenvalue weighted by Gasteiger charge is -2.21. The lowest BCUT2D eigenvalue weighted by molar-refractivity contribution is -0.148. The van der Waals surface area contributed by atoms with Gasteiger partial charge in [0.1, 0.15) is 12.1 Å². The lowest BCUT2D eigenvalue weighted by Crippen LogP contribution is -2.27. The van der Waals surface area contributed by atoms with Crippen LogP contribution < -0.4 is 9.47 Å². The largest absolute Gasteiger partial charge is 0.489 e. The van der Waals surface area contributed by atoms with Crippen molar-refractivity contribution in [3.63, 3.8) is 0 Å². The average Bonchev–Trinajstić information content (AvgIpc) is 2.76. The number of nitriles is 2. The first-order chi connectivity index (χ1) is 11.2. The van der Waals surface area contributed by atoms with Gasteiger partial charge in [0.2, 0.25) is 0 Å². The van der Waals surface area contributed by atoms with E-state index in [9.17, 15) is 0 Å². The minimum atomic E-state index is -0.284. The smallest absolute Gasteiger partial charge is 0.162 e. The van der Waals surface area contributed by atoms with E-state index in [2.05, 4.69) is 0 Å². The fourth-order valence-corrected chi connectivity index (χ4v) is 2.40. The third kappa shape index (κ3) is 4.35. The van der Waals surface area contributed by atoms with Gasteiger partial charge in [0.25, 0.3) is 0 Å². The van der Waals surface area contributed by atoms with E-state index < -0.39 is 0 Å². The first-order valence-corrected chi connectivity index (χ1v) is 7.68. The molecule has 0 unspecified atom stereocenters. The first-order valence-electron chi connectivity index (χ1n) is 7.68. The molecular formula is C17H20N2O4. The molecule has 23 heavy (non-hydrogen) atoms. The van der Waals surface area contributed by atoms with Gasteiger partial charge in [0.15, 0.2) is 17.8 Å². The molecule has 0 aliphatic carbocycles. The van der Waals surface area contributed by atoms with Gasteiger partial charge in [-0.25, -0.2) is 0 Å². The van der Waals surface area contributed by atoms with Crippen molar-refractivity contribution in [3.05, 3.63) is 23.3 Å². The highest BCUT2D eigenvalue weighted by Crippen LogP contribution is 2.34. The minimum Gasteiger partial charge on any atom is -0.489 e. The molecule has 0 aromatic heterocycles. The molecule has 122 valence electrons. The summed E-state index contributed by atoms with van der Waals surface area (Å²) in [7, 11) is 0. The maximum atomic E-state index is 9.08. The second-order valence-electron chi connectivity index (χ2n) is 5.13. The van der Waals surface area contributed by atoms with Crippen LogP contribution in [-0.4, -0.2) is 32.7 Å². The number of nitrogens with zero attached hydrogens (tertiary/aromatic N) is 2.